The molecule has 43 heavy (non-hydrogen) atoms. The number of hydrogen-bond donors (Lipinski definition) is 2. The molecule has 0 atom stereocenters. The van der Waals surface area contributed by atoms with Crippen molar-refractivity contribution in [3.05, 3.63) is 88.0 Å². The topological polar surface area (TPSA) is 123 Å². The summed E-state index contributed by atoms with van der Waals surface area (Å²) in [5.41, 5.74) is 5.90. The molecular weight excluding hydrogens is 542 g/mol. The van der Waals surface area contributed by atoms with E-state index < -0.39 is 5.60 Å². The third-order valence-electron chi connectivity index (χ3n) is 8.28. The van der Waals surface area contributed by atoms with Gasteiger partial charge in [-0.15, -0.1) is 10.2 Å². The van der Waals surface area contributed by atoms with Crippen molar-refractivity contribution in [1.29, 1.82) is 0 Å². The number of benzene rings is 2. The van der Waals surface area contributed by atoms with Crippen LogP contribution in [0.5, 0.6) is 0 Å². The lowest BCUT2D eigenvalue weighted by molar-refractivity contribution is -0.0654. The summed E-state index contributed by atoms with van der Waals surface area (Å²) < 4.78 is 9.95. The SMILES string of the molecule is CCCc1c(Cc2ccc(-c3ccccc3-c3nn[nH]n3)cc2)c(=O)n(C2CCC(OCC(C)(C)O)CC2)c2ccnn12. The zero-order valence-electron chi connectivity index (χ0n) is 25.0. The molecule has 10 nitrogen and oxygen atoms in total. The summed E-state index contributed by atoms with van der Waals surface area (Å²) in [6.45, 7) is 5.97. The molecule has 10 heteroatoms. The van der Waals surface area contributed by atoms with Gasteiger partial charge >= 0.3 is 0 Å². The van der Waals surface area contributed by atoms with Crippen molar-refractivity contribution < 1.29 is 9.84 Å². The van der Waals surface area contributed by atoms with Gasteiger partial charge in [0.15, 0.2) is 0 Å². The van der Waals surface area contributed by atoms with Gasteiger partial charge in [-0.05, 0) is 67.9 Å². The van der Waals surface area contributed by atoms with Gasteiger partial charge in [0.2, 0.25) is 5.82 Å². The monoisotopic (exact) mass is 581 g/mol. The van der Waals surface area contributed by atoms with Crippen LogP contribution in [0, 0.1) is 0 Å². The van der Waals surface area contributed by atoms with Gasteiger partial charge in [0.25, 0.3) is 5.56 Å². The Hall–Kier alpha value is -4.15. The fourth-order valence-electron chi connectivity index (χ4n) is 6.22. The fourth-order valence-corrected chi connectivity index (χ4v) is 6.22. The Bertz CT molecular complexity index is 1730. The summed E-state index contributed by atoms with van der Waals surface area (Å²) in [6, 6.07) is 18.4. The van der Waals surface area contributed by atoms with Gasteiger partial charge in [0.05, 0.1) is 30.2 Å². The van der Waals surface area contributed by atoms with E-state index in [1.54, 1.807) is 20.0 Å². The van der Waals surface area contributed by atoms with Gasteiger partial charge < -0.3 is 9.84 Å². The Morgan fingerprint density at radius 2 is 1.77 bits per heavy atom. The van der Waals surface area contributed by atoms with Gasteiger partial charge in [0, 0.05) is 29.7 Å². The molecule has 1 aliphatic rings. The lowest BCUT2D eigenvalue weighted by Crippen LogP contribution is -2.36. The predicted molar refractivity (Wildman–Crippen MR) is 165 cm³/mol. The molecule has 1 aliphatic carbocycles. The summed E-state index contributed by atoms with van der Waals surface area (Å²) in [5, 5.41) is 29.3. The number of H-pyrrole nitrogens is 1. The van der Waals surface area contributed by atoms with Crippen LogP contribution >= 0.6 is 0 Å². The second-order valence-electron chi connectivity index (χ2n) is 12.2. The molecule has 5 aromatic rings. The zero-order chi connectivity index (χ0) is 30.0. The molecule has 0 radical (unpaired) electrons. The highest BCUT2D eigenvalue weighted by molar-refractivity contribution is 5.80. The maximum atomic E-state index is 14.3. The highest BCUT2D eigenvalue weighted by atomic mass is 16.5. The third kappa shape index (κ3) is 6.16. The number of aromatic nitrogens is 7. The normalized spacial score (nSPS) is 17.5. The van der Waals surface area contributed by atoms with Crippen LogP contribution in [0.4, 0.5) is 0 Å². The minimum atomic E-state index is -0.850. The van der Waals surface area contributed by atoms with Crippen molar-refractivity contribution in [2.24, 2.45) is 0 Å². The Morgan fingerprint density at radius 3 is 2.44 bits per heavy atom. The van der Waals surface area contributed by atoms with E-state index >= 15 is 0 Å². The van der Waals surface area contributed by atoms with Crippen LogP contribution in [0.15, 0.2) is 65.6 Å². The summed E-state index contributed by atoms with van der Waals surface area (Å²) in [6.07, 6.45) is 7.51. The molecule has 6 rings (SSSR count). The molecule has 2 aromatic carbocycles. The van der Waals surface area contributed by atoms with Gasteiger partial charge in [-0.3, -0.25) is 9.36 Å². The number of fused-ring (bicyclic) bond motifs is 1. The van der Waals surface area contributed by atoms with Crippen molar-refractivity contribution in [2.75, 3.05) is 6.61 Å². The third-order valence-corrected chi connectivity index (χ3v) is 8.28. The van der Waals surface area contributed by atoms with Crippen molar-refractivity contribution in [3.8, 4) is 22.5 Å². The zero-order valence-corrected chi connectivity index (χ0v) is 25.0. The van der Waals surface area contributed by atoms with Gasteiger partial charge in [-0.1, -0.05) is 61.9 Å². The minimum Gasteiger partial charge on any atom is -0.388 e. The molecule has 1 saturated carbocycles. The van der Waals surface area contributed by atoms with E-state index in [1.807, 2.05) is 33.3 Å². The Labute approximate surface area is 250 Å². The Morgan fingerprint density at radius 1 is 1.02 bits per heavy atom. The first-order valence-corrected chi connectivity index (χ1v) is 15.2. The average Bonchev–Trinajstić information content (AvgIpc) is 3.72. The van der Waals surface area contributed by atoms with Crippen molar-refractivity contribution in [3.63, 3.8) is 0 Å². The quantitative estimate of drug-likeness (QED) is 0.234. The molecule has 0 bridgehead atoms. The van der Waals surface area contributed by atoms with Gasteiger partial charge in [-0.2, -0.15) is 10.3 Å². The van der Waals surface area contributed by atoms with Crippen LogP contribution in [0.1, 0.15) is 75.7 Å². The highest BCUT2D eigenvalue weighted by Crippen LogP contribution is 2.33. The van der Waals surface area contributed by atoms with E-state index in [2.05, 4.69) is 63.0 Å². The number of nitrogens with zero attached hydrogens (tertiary/aromatic N) is 6. The van der Waals surface area contributed by atoms with Crippen molar-refractivity contribution in [1.82, 2.24) is 34.8 Å². The molecule has 0 saturated heterocycles. The largest absolute Gasteiger partial charge is 0.388 e. The first-order chi connectivity index (χ1) is 20.8. The van der Waals surface area contributed by atoms with E-state index in [0.29, 0.717) is 18.9 Å². The van der Waals surface area contributed by atoms with E-state index in [-0.39, 0.29) is 17.7 Å². The van der Waals surface area contributed by atoms with Crippen LogP contribution in [0.3, 0.4) is 0 Å². The fraction of sp³-hybridized carbons (Fsp3) is 0.424. The van der Waals surface area contributed by atoms with E-state index in [4.69, 9.17) is 4.74 Å². The molecule has 224 valence electrons. The summed E-state index contributed by atoms with van der Waals surface area (Å²) in [4.78, 5) is 14.3. The lowest BCUT2D eigenvalue weighted by Gasteiger charge is -2.32. The molecule has 0 unspecified atom stereocenters. The second-order valence-corrected chi connectivity index (χ2v) is 12.2. The average molecular weight is 582 g/mol. The second kappa shape index (κ2) is 12.2. The minimum absolute atomic E-state index is 0.0730. The summed E-state index contributed by atoms with van der Waals surface area (Å²) >= 11 is 0. The number of nitrogens with one attached hydrogen (secondary N) is 1. The van der Waals surface area contributed by atoms with Crippen LogP contribution in [0.2, 0.25) is 0 Å². The molecule has 0 spiro atoms. The number of aliphatic hydroxyl groups is 1. The molecule has 0 aliphatic heterocycles. The summed E-state index contributed by atoms with van der Waals surface area (Å²) in [5.74, 6) is 0.551. The predicted octanol–water partition coefficient (Wildman–Crippen LogP) is 5.16. The van der Waals surface area contributed by atoms with E-state index in [0.717, 1.165) is 77.7 Å². The van der Waals surface area contributed by atoms with Crippen LogP contribution in [-0.4, -0.2) is 58.2 Å². The molecule has 0 amide bonds. The number of aromatic amines is 1. The molecule has 3 aromatic heterocycles. The summed E-state index contributed by atoms with van der Waals surface area (Å²) in [7, 11) is 0. The van der Waals surface area contributed by atoms with Crippen LogP contribution in [-0.2, 0) is 17.6 Å². The smallest absolute Gasteiger partial charge is 0.257 e. The van der Waals surface area contributed by atoms with E-state index in [9.17, 15) is 9.90 Å². The number of hydrogen-bond acceptors (Lipinski definition) is 7. The molecular formula is C33H39N7O3. The number of tetrazole rings is 1. The Balaban J connectivity index is 1.30. The molecule has 1 fully saturated rings. The number of aryl methyl sites for hydroxylation is 1. The van der Waals surface area contributed by atoms with Crippen LogP contribution in [0.25, 0.3) is 28.2 Å². The maximum absolute atomic E-state index is 14.3. The van der Waals surface area contributed by atoms with Crippen molar-refractivity contribution in [2.45, 2.75) is 83.5 Å². The first-order valence-electron chi connectivity index (χ1n) is 15.2. The lowest BCUT2D eigenvalue weighted by atomic mass is 9.92. The van der Waals surface area contributed by atoms with Gasteiger partial charge in [-0.25, -0.2) is 4.52 Å². The first kappa shape index (κ1) is 28.9. The number of rotatable bonds is 10. The maximum Gasteiger partial charge on any atom is 0.257 e. The van der Waals surface area contributed by atoms with Crippen molar-refractivity contribution >= 4 is 5.65 Å². The standard InChI is InChI=1S/C33H39N7O3/c1-4-7-29-28(20-22-10-12-23(13-11-22)26-8-5-6-9-27(26)31-35-37-38-36-31)32(41)39(30-18-19-34-40(29)30)24-14-16-25(17-15-24)43-21-33(2,3)42/h5-6,8-13,18-19,24-25,42H,4,7,14-17,20-21H2,1-3H3,(H,35,36,37,38). The molecule has 3 heterocycles. The molecule has 2 N–H and O–H groups in total. The van der Waals surface area contributed by atoms with Gasteiger partial charge in [0.1, 0.15) is 5.65 Å². The highest BCUT2D eigenvalue weighted by Gasteiger charge is 2.28. The number of ether oxygens (including phenoxy) is 1. The van der Waals surface area contributed by atoms with E-state index in [1.165, 1.54) is 0 Å². The Kier molecular flexibility index (Phi) is 8.23. The van der Waals surface area contributed by atoms with Crippen LogP contribution < -0.4 is 5.56 Å².